The fraction of sp³-hybridized carbons (Fsp3) is 0.0345. The molecular weight excluding hydrogens is 556 g/mol. The normalized spacial score (nSPS) is 15.6. The number of nitrogens with zero attached hydrogens (tertiary/aromatic N) is 2. The Balaban J connectivity index is 1.51. The summed E-state index contributed by atoms with van der Waals surface area (Å²) in [5, 5.41) is 0.505. The lowest BCUT2D eigenvalue weighted by Gasteiger charge is -2.15. The van der Waals surface area contributed by atoms with E-state index in [0.29, 0.717) is 27.0 Å². The summed E-state index contributed by atoms with van der Waals surface area (Å²) >= 11 is 7.68. The Morgan fingerprint density at radius 2 is 1.51 bits per heavy atom. The minimum atomic E-state index is -4.15. The number of para-hydroxylation sites is 2. The number of thioether (sulfide) groups is 1. The fourth-order valence-corrected chi connectivity index (χ4v) is 6.05. The molecule has 0 aliphatic carbocycles. The molecule has 7 nitrogen and oxygen atoms in total. The molecule has 5 rings (SSSR count). The van der Waals surface area contributed by atoms with Crippen LogP contribution in [0.1, 0.15) is 5.56 Å². The molecular formula is C29H21ClN2O5S2. The van der Waals surface area contributed by atoms with Crippen LogP contribution >= 0.6 is 23.4 Å². The van der Waals surface area contributed by atoms with Crippen LogP contribution in [0.15, 0.2) is 118 Å². The Morgan fingerprint density at radius 3 is 2.15 bits per heavy atom. The zero-order chi connectivity index (χ0) is 27.4. The van der Waals surface area contributed by atoms with Crippen LogP contribution in [-0.2, 0) is 14.9 Å². The van der Waals surface area contributed by atoms with Crippen molar-refractivity contribution in [3.05, 3.63) is 119 Å². The maximum atomic E-state index is 13.5. The third-order valence-corrected chi connectivity index (χ3v) is 8.06. The Morgan fingerprint density at radius 1 is 0.897 bits per heavy atom. The molecule has 0 unspecified atom stereocenters. The van der Waals surface area contributed by atoms with Crippen molar-refractivity contribution < 1.29 is 22.1 Å². The van der Waals surface area contributed by atoms with Crippen LogP contribution in [0.3, 0.4) is 0 Å². The highest BCUT2D eigenvalue weighted by molar-refractivity contribution is 8.19. The van der Waals surface area contributed by atoms with Gasteiger partial charge in [0.1, 0.15) is 4.90 Å². The number of carbonyl (C=O) groups is 1. The molecule has 0 N–H and O–H groups in total. The van der Waals surface area contributed by atoms with E-state index in [1.165, 1.54) is 37.1 Å². The summed E-state index contributed by atoms with van der Waals surface area (Å²) in [6.07, 6.45) is 1.65. The highest BCUT2D eigenvalue weighted by atomic mass is 35.5. The molecule has 0 spiro atoms. The minimum absolute atomic E-state index is 0.00856. The molecule has 1 fully saturated rings. The number of amidine groups is 1. The number of halogens is 1. The lowest BCUT2D eigenvalue weighted by molar-refractivity contribution is -0.113. The number of hydrogen-bond acceptors (Lipinski definition) is 7. The summed E-state index contributed by atoms with van der Waals surface area (Å²) in [4.78, 5) is 20.2. The third kappa shape index (κ3) is 5.85. The first kappa shape index (κ1) is 26.6. The van der Waals surface area contributed by atoms with E-state index < -0.39 is 10.1 Å². The summed E-state index contributed by atoms with van der Waals surface area (Å²) in [5.41, 5.74) is 1.91. The average Bonchev–Trinajstić information content (AvgIpc) is 3.25. The van der Waals surface area contributed by atoms with Crippen molar-refractivity contribution in [3.63, 3.8) is 0 Å². The first-order chi connectivity index (χ1) is 18.9. The SMILES string of the molecule is COc1cc(/C=C2/SC(=Nc3ccccc3)N(c3ccccc3)C2=O)cc(Cl)c1OS(=O)(=O)c1ccccc1. The number of carbonyl (C=O) groups excluding carboxylic acids is 1. The second-order valence-corrected chi connectivity index (χ2v) is 11.2. The molecule has 1 aliphatic rings. The molecule has 4 aromatic carbocycles. The lowest BCUT2D eigenvalue weighted by atomic mass is 10.1. The summed E-state index contributed by atoms with van der Waals surface area (Å²) < 4.78 is 36.3. The maximum Gasteiger partial charge on any atom is 0.339 e. The predicted octanol–water partition coefficient (Wildman–Crippen LogP) is 6.92. The van der Waals surface area contributed by atoms with Gasteiger partial charge in [0, 0.05) is 0 Å². The second-order valence-electron chi connectivity index (χ2n) is 8.20. The highest BCUT2D eigenvalue weighted by Crippen LogP contribution is 2.41. The monoisotopic (exact) mass is 576 g/mol. The largest absolute Gasteiger partial charge is 0.493 e. The number of ether oxygens (including phenoxy) is 1. The Labute approximate surface area is 235 Å². The van der Waals surface area contributed by atoms with E-state index in [-0.39, 0.29) is 27.3 Å². The zero-order valence-corrected chi connectivity index (χ0v) is 22.9. The quantitative estimate of drug-likeness (QED) is 0.175. The van der Waals surface area contributed by atoms with E-state index in [9.17, 15) is 13.2 Å². The molecule has 39 heavy (non-hydrogen) atoms. The van der Waals surface area contributed by atoms with Gasteiger partial charge in [-0.3, -0.25) is 9.69 Å². The highest BCUT2D eigenvalue weighted by Gasteiger charge is 2.35. The molecule has 1 amide bonds. The van der Waals surface area contributed by atoms with Crippen LogP contribution in [0.2, 0.25) is 5.02 Å². The van der Waals surface area contributed by atoms with Crippen LogP contribution in [0.5, 0.6) is 11.5 Å². The fourth-order valence-electron chi connectivity index (χ4n) is 3.77. The standard InChI is InChI=1S/C29H21ClN2O5S2/c1-36-25-18-20(17-24(30)27(25)37-39(34,35)23-15-9-4-10-16-23)19-26-28(33)32(22-13-7-3-8-14-22)29(38-26)31-21-11-5-2-6-12-21/h2-19H,1H3/b26-19+,31-29?. The van der Waals surface area contributed by atoms with Crippen LogP contribution in [-0.4, -0.2) is 26.6 Å². The van der Waals surface area contributed by atoms with E-state index in [1.807, 2.05) is 60.7 Å². The molecule has 1 heterocycles. The summed E-state index contributed by atoms with van der Waals surface area (Å²) in [5.74, 6) is -0.307. The van der Waals surface area contributed by atoms with Gasteiger partial charge in [-0.25, -0.2) is 4.99 Å². The number of aliphatic imine (C=N–C) groups is 1. The Kier molecular flexibility index (Phi) is 7.74. The molecule has 10 heteroatoms. The number of anilines is 1. The maximum absolute atomic E-state index is 13.5. The van der Waals surface area contributed by atoms with Gasteiger partial charge in [0.05, 0.1) is 28.4 Å². The van der Waals surface area contributed by atoms with Crippen molar-refractivity contribution in [1.82, 2.24) is 0 Å². The number of rotatable bonds is 7. The molecule has 196 valence electrons. The van der Waals surface area contributed by atoms with Crippen LogP contribution in [0.25, 0.3) is 6.08 Å². The first-order valence-electron chi connectivity index (χ1n) is 11.7. The predicted molar refractivity (Wildman–Crippen MR) is 155 cm³/mol. The van der Waals surface area contributed by atoms with Gasteiger partial charge in [0.15, 0.2) is 10.9 Å². The zero-order valence-electron chi connectivity index (χ0n) is 20.5. The van der Waals surface area contributed by atoms with E-state index in [1.54, 1.807) is 35.2 Å². The molecule has 0 saturated carbocycles. The molecule has 1 aliphatic heterocycles. The van der Waals surface area contributed by atoms with Crippen LogP contribution < -0.4 is 13.8 Å². The summed E-state index contributed by atoms with van der Waals surface area (Å²) in [7, 11) is -2.77. The second kappa shape index (κ2) is 11.4. The van der Waals surface area contributed by atoms with Gasteiger partial charge in [-0.15, -0.1) is 0 Å². The topological polar surface area (TPSA) is 85.3 Å². The average molecular weight is 577 g/mol. The van der Waals surface area contributed by atoms with Crippen molar-refractivity contribution in [2.45, 2.75) is 4.90 Å². The molecule has 4 aromatic rings. The minimum Gasteiger partial charge on any atom is -0.493 e. The smallest absolute Gasteiger partial charge is 0.339 e. The number of benzene rings is 4. The summed E-state index contributed by atoms with van der Waals surface area (Å²) in [6, 6.07) is 29.4. The van der Waals surface area contributed by atoms with Gasteiger partial charge in [-0.1, -0.05) is 66.2 Å². The van der Waals surface area contributed by atoms with E-state index in [4.69, 9.17) is 25.5 Å². The van der Waals surface area contributed by atoms with E-state index in [2.05, 4.69) is 0 Å². The van der Waals surface area contributed by atoms with Crippen LogP contribution in [0, 0.1) is 0 Å². The molecule has 0 atom stereocenters. The van der Waals surface area contributed by atoms with Gasteiger partial charge in [0.25, 0.3) is 5.91 Å². The number of methoxy groups -OCH3 is 1. The van der Waals surface area contributed by atoms with E-state index >= 15 is 0 Å². The van der Waals surface area contributed by atoms with Crippen molar-refractivity contribution in [3.8, 4) is 11.5 Å². The molecule has 1 saturated heterocycles. The molecule has 0 bridgehead atoms. The van der Waals surface area contributed by atoms with Crippen molar-refractivity contribution in [2.75, 3.05) is 12.0 Å². The van der Waals surface area contributed by atoms with Gasteiger partial charge >= 0.3 is 10.1 Å². The van der Waals surface area contributed by atoms with Crippen molar-refractivity contribution in [2.24, 2.45) is 4.99 Å². The Hall–Kier alpha value is -4.05. The van der Waals surface area contributed by atoms with Gasteiger partial charge in [-0.05, 0) is 71.9 Å². The lowest BCUT2D eigenvalue weighted by Crippen LogP contribution is -2.28. The molecule has 0 aromatic heterocycles. The number of hydrogen-bond donors (Lipinski definition) is 0. The molecule has 0 radical (unpaired) electrons. The van der Waals surface area contributed by atoms with Crippen molar-refractivity contribution >= 4 is 62.0 Å². The summed E-state index contributed by atoms with van der Waals surface area (Å²) in [6.45, 7) is 0. The number of amides is 1. The van der Waals surface area contributed by atoms with Gasteiger partial charge < -0.3 is 8.92 Å². The van der Waals surface area contributed by atoms with Gasteiger partial charge in [0.2, 0.25) is 5.75 Å². The van der Waals surface area contributed by atoms with E-state index in [0.717, 1.165) is 0 Å². The first-order valence-corrected chi connectivity index (χ1v) is 14.3. The third-order valence-electron chi connectivity index (χ3n) is 5.58. The van der Waals surface area contributed by atoms with Crippen molar-refractivity contribution in [1.29, 1.82) is 0 Å². The van der Waals surface area contributed by atoms with Crippen LogP contribution in [0.4, 0.5) is 11.4 Å². The van der Waals surface area contributed by atoms with Gasteiger partial charge in [-0.2, -0.15) is 8.42 Å². The Bertz CT molecular complexity index is 1680.